The van der Waals surface area contributed by atoms with Crippen molar-refractivity contribution in [3.05, 3.63) is 36.4 Å². The largest absolute Gasteiger partial charge is 0.315 e. The Labute approximate surface area is 90.3 Å². The minimum absolute atomic E-state index is 0.283. The second kappa shape index (κ2) is 3.21. The van der Waals surface area contributed by atoms with Crippen LogP contribution in [0.25, 0.3) is 11.2 Å². The van der Waals surface area contributed by atoms with Crippen molar-refractivity contribution in [3.8, 4) is 0 Å². The van der Waals surface area contributed by atoms with Crippen molar-refractivity contribution in [1.29, 1.82) is 0 Å². The summed E-state index contributed by atoms with van der Waals surface area (Å²) in [5, 5.41) is 0.361. The van der Waals surface area contributed by atoms with Gasteiger partial charge < -0.3 is 9.97 Å². The number of aromatic amines is 2. The van der Waals surface area contributed by atoms with E-state index in [2.05, 4.69) is 30.9 Å². The molecule has 2 aromatic heterocycles. The van der Waals surface area contributed by atoms with Gasteiger partial charge in [0.25, 0.3) is 0 Å². The van der Waals surface area contributed by atoms with Gasteiger partial charge in [-0.05, 0) is 22.0 Å². The first-order valence-corrected chi connectivity index (χ1v) is 4.73. The van der Waals surface area contributed by atoms with Crippen LogP contribution in [0.4, 0.5) is 0 Å². The molecule has 0 atom stereocenters. The zero-order valence-electron chi connectivity index (χ0n) is 6.60. The van der Waals surface area contributed by atoms with Gasteiger partial charge in [0.1, 0.15) is 4.60 Å². The average molecular weight is 276 g/mol. The Morgan fingerprint density at radius 1 is 1.29 bits per heavy atom. The van der Waals surface area contributed by atoms with Crippen LogP contribution in [0.3, 0.4) is 0 Å². The summed E-state index contributed by atoms with van der Waals surface area (Å²) in [5.41, 5.74) is -0.786. The molecular weight excluding hydrogens is 273 g/mol. The molecule has 2 N–H and O–H groups in total. The summed E-state index contributed by atoms with van der Waals surface area (Å²) in [6.07, 6.45) is 0. The number of hydrogen-bond acceptors (Lipinski definition) is 3. The highest BCUT2D eigenvalue weighted by Gasteiger charge is 2.04. The molecule has 0 bridgehead atoms. The van der Waals surface area contributed by atoms with Gasteiger partial charge in [-0.15, -0.1) is 0 Å². The van der Waals surface area contributed by atoms with Crippen LogP contribution in [0.1, 0.15) is 0 Å². The first-order chi connectivity index (χ1) is 6.58. The highest BCUT2D eigenvalue weighted by molar-refractivity contribution is 9.10. The zero-order chi connectivity index (χ0) is 10.3. The lowest BCUT2D eigenvalue weighted by molar-refractivity contribution is 1.11. The molecule has 0 amide bonds. The van der Waals surface area contributed by atoms with Gasteiger partial charge in [-0.2, -0.15) is 0 Å². The Kier molecular flexibility index (Phi) is 2.16. The van der Waals surface area contributed by atoms with Gasteiger partial charge in [-0.25, -0.2) is 4.98 Å². The fourth-order valence-corrected chi connectivity index (χ4v) is 1.44. The molecule has 0 saturated heterocycles. The Hall–Kier alpha value is -1.14. The summed E-state index contributed by atoms with van der Waals surface area (Å²) in [6.45, 7) is 0. The third kappa shape index (κ3) is 1.46. The van der Waals surface area contributed by atoms with Gasteiger partial charge in [0, 0.05) is 0 Å². The Bertz CT molecular complexity index is 564. The van der Waals surface area contributed by atoms with E-state index < -0.39 is 11.1 Å². The summed E-state index contributed by atoms with van der Waals surface area (Å²) in [7, 11) is 0. The van der Waals surface area contributed by atoms with Crippen LogP contribution in [-0.4, -0.2) is 15.0 Å². The summed E-state index contributed by atoms with van der Waals surface area (Å²) in [5.74, 6) is 0. The van der Waals surface area contributed by atoms with Crippen LogP contribution in [-0.2, 0) is 0 Å². The number of rotatable bonds is 0. The average Bonchev–Trinajstić information content (AvgIpc) is 2.11. The van der Waals surface area contributed by atoms with E-state index in [4.69, 9.17) is 11.6 Å². The molecule has 0 aliphatic rings. The summed E-state index contributed by atoms with van der Waals surface area (Å²) in [6, 6.07) is 1.51. The van der Waals surface area contributed by atoms with Gasteiger partial charge >= 0.3 is 11.1 Å². The molecule has 14 heavy (non-hydrogen) atoms. The quantitative estimate of drug-likeness (QED) is 0.557. The third-order valence-corrected chi connectivity index (χ3v) is 2.74. The predicted molar refractivity (Wildman–Crippen MR) is 55.7 cm³/mol. The normalized spacial score (nSPS) is 10.7. The van der Waals surface area contributed by atoms with Crippen molar-refractivity contribution >= 4 is 38.7 Å². The minimum Gasteiger partial charge on any atom is -0.315 e. The standard InChI is InChI=1S/C7H3BrClN3O2/c8-4-2(9)1-3-5(11-4)12-7(14)6(13)10-3/h1H,(H,10,13)(H,11,12,14). The van der Waals surface area contributed by atoms with Gasteiger partial charge in [0.05, 0.1) is 10.5 Å². The van der Waals surface area contributed by atoms with Gasteiger partial charge in [-0.1, -0.05) is 11.6 Å². The summed E-state index contributed by atoms with van der Waals surface area (Å²) < 4.78 is 0.411. The minimum atomic E-state index is -0.737. The molecular formula is C7H3BrClN3O2. The summed E-state index contributed by atoms with van der Waals surface area (Å²) >= 11 is 8.86. The van der Waals surface area contributed by atoms with Crippen LogP contribution in [0, 0.1) is 0 Å². The first-order valence-electron chi connectivity index (χ1n) is 3.56. The maximum atomic E-state index is 10.9. The van der Waals surface area contributed by atoms with Crippen LogP contribution < -0.4 is 11.1 Å². The van der Waals surface area contributed by atoms with Gasteiger partial charge in [-0.3, -0.25) is 9.59 Å². The molecule has 0 saturated carbocycles. The lowest BCUT2D eigenvalue weighted by Gasteiger charge is -1.98. The number of halogens is 2. The Morgan fingerprint density at radius 2 is 1.93 bits per heavy atom. The number of nitrogens with one attached hydrogen (secondary N) is 2. The van der Waals surface area contributed by atoms with Crippen LogP contribution in [0.5, 0.6) is 0 Å². The van der Waals surface area contributed by atoms with Crippen molar-refractivity contribution in [1.82, 2.24) is 15.0 Å². The number of nitrogens with zero attached hydrogens (tertiary/aromatic N) is 1. The van der Waals surface area contributed by atoms with Crippen molar-refractivity contribution in [2.75, 3.05) is 0 Å². The number of H-pyrrole nitrogens is 2. The van der Waals surface area contributed by atoms with Gasteiger partial charge in [0.15, 0.2) is 5.65 Å². The molecule has 0 radical (unpaired) electrons. The fourth-order valence-electron chi connectivity index (χ4n) is 1.00. The Morgan fingerprint density at radius 3 is 2.64 bits per heavy atom. The van der Waals surface area contributed by atoms with Crippen LogP contribution in [0.15, 0.2) is 20.3 Å². The van der Waals surface area contributed by atoms with E-state index in [0.717, 1.165) is 0 Å². The van der Waals surface area contributed by atoms with E-state index in [1.807, 2.05) is 0 Å². The van der Waals surface area contributed by atoms with E-state index in [-0.39, 0.29) is 5.65 Å². The zero-order valence-corrected chi connectivity index (χ0v) is 8.94. The maximum absolute atomic E-state index is 10.9. The Balaban J connectivity index is 2.97. The van der Waals surface area contributed by atoms with Crippen LogP contribution in [0.2, 0.25) is 5.02 Å². The van der Waals surface area contributed by atoms with Gasteiger partial charge in [0.2, 0.25) is 0 Å². The SMILES string of the molecule is O=c1[nH]c2cc(Cl)c(Br)nc2[nH]c1=O. The molecule has 2 rings (SSSR count). The molecule has 72 valence electrons. The summed E-state index contributed by atoms with van der Waals surface area (Å²) in [4.78, 5) is 30.5. The molecule has 0 unspecified atom stereocenters. The maximum Gasteiger partial charge on any atom is 0.315 e. The molecule has 5 nitrogen and oxygen atoms in total. The predicted octanol–water partition coefficient (Wildman–Crippen LogP) is 1.03. The van der Waals surface area contributed by atoms with Crippen molar-refractivity contribution < 1.29 is 0 Å². The topological polar surface area (TPSA) is 78.6 Å². The second-order valence-electron chi connectivity index (χ2n) is 2.57. The fraction of sp³-hybridized carbons (Fsp3) is 0. The first kappa shape index (κ1) is 9.42. The molecule has 0 fully saturated rings. The number of hydrogen-bond donors (Lipinski definition) is 2. The van der Waals surface area contributed by atoms with Crippen molar-refractivity contribution in [2.45, 2.75) is 0 Å². The lowest BCUT2D eigenvalue weighted by atomic mass is 10.4. The number of pyridine rings is 1. The molecule has 0 aliphatic carbocycles. The van der Waals surface area contributed by atoms with E-state index in [1.165, 1.54) is 6.07 Å². The number of fused-ring (bicyclic) bond motifs is 1. The second-order valence-corrected chi connectivity index (χ2v) is 3.72. The lowest BCUT2D eigenvalue weighted by Crippen LogP contribution is -2.29. The van der Waals surface area contributed by atoms with E-state index in [9.17, 15) is 9.59 Å². The monoisotopic (exact) mass is 275 g/mol. The molecule has 0 spiro atoms. The highest BCUT2D eigenvalue weighted by atomic mass is 79.9. The molecule has 0 aromatic carbocycles. The smallest absolute Gasteiger partial charge is 0.315 e. The third-order valence-electron chi connectivity index (χ3n) is 1.62. The van der Waals surface area contributed by atoms with Crippen molar-refractivity contribution in [3.63, 3.8) is 0 Å². The van der Waals surface area contributed by atoms with E-state index in [1.54, 1.807) is 0 Å². The molecule has 2 heterocycles. The molecule has 2 aromatic rings. The van der Waals surface area contributed by atoms with Crippen molar-refractivity contribution in [2.24, 2.45) is 0 Å². The van der Waals surface area contributed by atoms with E-state index in [0.29, 0.717) is 15.1 Å². The van der Waals surface area contributed by atoms with Crippen LogP contribution >= 0.6 is 27.5 Å². The number of aromatic nitrogens is 3. The highest BCUT2D eigenvalue weighted by Crippen LogP contribution is 2.21. The molecule has 0 aliphatic heterocycles. The molecule has 7 heteroatoms. The van der Waals surface area contributed by atoms with E-state index >= 15 is 0 Å².